The lowest BCUT2D eigenvalue weighted by Gasteiger charge is -2.06. The molecule has 0 spiro atoms. The molecular weight excluding hydrogens is 376 g/mol. The summed E-state index contributed by atoms with van der Waals surface area (Å²) in [6.07, 6.45) is 0. The standard InChI is InChI=1S/C17H13BrN2O2S/c1-11(21)22-16-8-3-2-7-14(16)15-10-23-17(20-15)19-13-6-4-5-12(18)9-13/h2-10H,1H3,(H,19,20). The van der Waals surface area contributed by atoms with Crippen molar-refractivity contribution < 1.29 is 9.53 Å². The Hall–Kier alpha value is -2.18. The SMILES string of the molecule is CC(=O)Oc1ccccc1-c1csc(Nc2cccc(Br)c2)n1. The highest BCUT2D eigenvalue weighted by Gasteiger charge is 2.11. The first-order valence-electron chi connectivity index (χ1n) is 6.88. The van der Waals surface area contributed by atoms with Crippen molar-refractivity contribution in [1.29, 1.82) is 0 Å². The van der Waals surface area contributed by atoms with Gasteiger partial charge >= 0.3 is 5.97 Å². The van der Waals surface area contributed by atoms with Crippen LogP contribution in [-0.2, 0) is 4.79 Å². The van der Waals surface area contributed by atoms with E-state index in [9.17, 15) is 4.79 Å². The summed E-state index contributed by atoms with van der Waals surface area (Å²) < 4.78 is 6.24. The van der Waals surface area contributed by atoms with Crippen LogP contribution in [0.25, 0.3) is 11.3 Å². The summed E-state index contributed by atoms with van der Waals surface area (Å²) in [7, 11) is 0. The van der Waals surface area contributed by atoms with Gasteiger partial charge in [-0.1, -0.05) is 34.1 Å². The Morgan fingerprint density at radius 3 is 2.83 bits per heavy atom. The Morgan fingerprint density at radius 2 is 2.04 bits per heavy atom. The number of rotatable bonds is 4. The fourth-order valence-corrected chi connectivity index (χ4v) is 3.20. The normalized spacial score (nSPS) is 10.3. The first-order valence-corrected chi connectivity index (χ1v) is 8.55. The van der Waals surface area contributed by atoms with E-state index in [4.69, 9.17) is 4.74 Å². The second-order valence-electron chi connectivity index (χ2n) is 4.76. The molecule has 3 aromatic rings. The van der Waals surface area contributed by atoms with E-state index in [0.717, 1.165) is 26.5 Å². The van der Waals surface area contributed by atoms with Gasteiger partial charge in [0.2, 0.25) is 0 Å². The third kappa shape index (κ3) is 3.97. The van der Waals surface area contributed by atoms with Gasteiger partial charge in [-0.15, -0.1) is 11.3 Å². The van der Waals surface area contributed by atoms with Crippen LogP contribution >= 0.6 is 27.3 Å². The molecule has 4 nitrogen and oxygen atoms in total. The maximum absolute atomic E-state index is 11.2. The van der Waals surface area contributed by atoms with E-state index >= 15 is 0 Å². The van der Waals surface area contributed by atoms with Crippen LogP contribution < -0.4 is 10.1 Å². The molecule has 3 rings (SSSR count). The van der Waals surface area contributed by atoms with Gasteiger partial charge in [0.15, 0.2) is 5.13 Å². The van der Waals surface area contributed by atoms with Crippen molar-refractivity contribution >= 4 is 44.1 Å². The number of hydrogen-bond acceptors (Lipinski definition) is 5. The van der Waals surface area contributed by atoms with Crippen LogP contribution in [0.1, 0.15) is 6.92 Å². The second kappa shape index (κ2) is 6.93. The average Bonchev–Trinajstić information content (AvgIpc) is 2.95. The zero-order valence-electron chi connectivity index (χ0n) is 12.2. The Labute approximate surface area is 146 Å². The van der Waals surface area contributed by atoms with E-state index in [0.29, 0.717) is 5.75 Å². The van der Waals surface area contributed by atoms with Gasteiger partial charge in [-0.2, -0.15) is 0 Å². The molecule has 1 heterocycles. The van der Waals surface area contributed by atoms with Crippen molar-refractivity contribution in [3.63, 3.8) is 0 Å². The Bertz CT molecular complexity index is 848. The van der Waals surface area contributed by atoms with Crippen molar-refractivity contribution in [3.05, 3.63) is 58.4 Å². The molecule has 6 heteroatoms. The number of ether oxygens (including phenoxy) is 1. The number of benzene rings is 2. The van der Waals surface area contributed by atoms with Gasteiger partial charge in [0.05, 0.1) is 5.69 Å². The van der Waals surface area contributed by atoms with E-state index in [1.165, 1.54) is 18.3 Å². The third-order valence-electron chi connectivity index (χ3n) is 3.00. The molecule has 1 aromatic heterocycles. The molecule has 0 fully saturated rings. The van der Waals surface area contributed by atoms with E-state index in [2.05, 4.69) is 26.2 Å². The lowest BCUT2D eigenvalue weighted by atomic mass is 10.1. The average molecular weight is 389 g/mol. The van der Waals surface area contributed by atoms with Crippen molar-refractivity contribution in [2.24, 2.45) is 0 Å². The minimum Gasteiger partial charge on any atom is -0.426 e. The molecular formula is C17H13BrN2O2S. The maximum atomic E-state index is 11.2. The Kier molecular flexibility index (Phi) is 4.73. The summed E-state index contributed by atoms with van der Waals surface area (Å²) in [5, 5.41) is 5.97. The molecule has 0 saturated heterocycles. The number of hydrogen-bond donors (Lipinski definition) is 1. The van der Waals surface area contributed by atoms with Crippen LogP contribution in [0.15, 0.2) is 58.4 Å². The van der Waals surface area contributed by atoms with Crippen LogP contribution in [0.5, 0.6) is 5.75 Å². The number of thiazole rings is 1. The zero-order chi connectivity index (χ0) is 16.2. The smallest absolute Gasteiger partial charge is 0.308 e. The largest absolute Gasteiger partial charge is 0.426 e. The second-order valence-corrected chi connectivity index (χ2v) is 6.54. The van der Waals surface area contributed by atoms with Gasteiger partial charge in [0.1, 0.15) is 5.75 Å². The molecule has 0 aliphatic rings. The third-order valence-corrected chi connectivity index (χ3v) is 4.25. The number of para-hydroxylation sites is 1. The molecule has 0 aliphatic carbocycles. The minimum absolute atomic E-state index is 0.347. The van der Waals surface area contributed by atoms with Crippen LogP contribution in [0.4, 0.5) is 10.8 Å². The monoisotopic (exact) mass is 388 g/mol. The number of carbonyl (C=O) groups is 1. The Morgan fingerprint density at radius 1 is 1.22 bits per heavy atom. The molecule has 0 atom stereocenters. The molecule has 116 valence electrons. The van der Waals surface area contributed by atoms with Crippen molar-refractivity contribution in [2.45, 2.75) is 6.92 Å². The number of carbonyl (C=O) groups excluding carboxylic acids is 1. The minimum atomic E-state index is -0.347. The number of halogens is 1. The number of esters is 1. The van der Waals surface area contributed by atoms with Crippen molar-refractivity contribution in [1.82, 2.24) is 4.98 Å². The molecule has 2 aromatic carbocycles. The molecule has 0 aliphatic heterocycles. The van der Waals surface area contributed by atoms with Crippen LogP contribution in [-0.4, -0.2) is 11.0 Å². The highest BCUT2D eigenvalue weighted by atomic mass is 79.9. The van der Waals surface area contributed by atoms with E-state index in [1.54, 1.807) is 6.07 Å². The van der Waals surface area contributed by atoms with Crippen molar-refractivity contribution in [2.75, 3.05) is 5.32 Å². The summed E-state index contributed by atoms with van der Waals surface area (Å²) in [5.41, 5.74) is 2.51. The van der Waals surface area contributed by atoms with Crippen LogP contribution in [0.3, 0.4) is 0 Å². The first kappa shape index (κ1) is 15.7. The summed E-state index contributed by atoms with van der Waals surface area (Å²) in [4.78, 5) is 15.8. The zero-order valence-corrected chi connectivity index (χ0v) is 14.6. The van der Waals surface area contributed by atoms with E-state index < -0.39 is 0 Å². The first-order chi connectivity index (χ1) is 11.1. The van der Waals surface area contributed by atoms with Gasteiger partial charge in [-0.3, -0.25) is 4.79 Å². The van der Waals surface area contributed by atoms with Gasteiger partial charge in [-0.05, 0) is 30.3 Å². The van der Waals surface area contributed by atoms with Gasteiger partial charge < -0.3 is 10.1 Å². The Balaban J connectivity index is 1.86. The van der Waals surface area contributed by atoms with E-state index in [1.807, 2.05) is 47.8 Å². The number of nitrogens with one attached hydrogen (secondary N) is 1. The summed E-state index contributed by atoms with van der Waals surface area (Å²) in [5.74, 6) is 0.166. The van der Waals surface area contributed by atoms with Gasteiger partial charge in [0.25, 0.3) is 0 Å². The van der Waals surface area contributed by atoms with Gasteiger partial charge in [0, 0.05) is 28.0 Å². The lowest BCUT2D eigenvalue weighted by molar-refractivity contribution is -0.131. The van der Waals surface area contributed by atoms with E-state index in [-0.39, 0.29) is 5.97 Å². The molecule has 1 N–H and O–H groups in total. The predicted octanol–water partition coefficient (Wildman–Crippen LogP) is 5.24. The number of nitrogens with zero attached hydrogens (tertiary/aromatic N) is 1. The number of aromatic nitrogens is 1. The molecule has 23 heavy (non-hydrogen) atoms. The van der Waals surface area contributed by atoms with Crippen LogP contribution in [0.2, 0.25) is 0 Å². The highest BCUT2D eigenvalue weighted by Crippen LogP contribution is 2.33. The van der Waals surface area contributed by atoms with Gasteiger partial charge in [-0.25, -0.2) is 4.98 Å². The quantitative estimate of drug-likeness (QED) is 0.490. The van der Waals surface area contributed by atoms with Crippen molar-refractivity contribution in [3.8, 4) is 17.0 Å². The molecule has 0 bridgehead atoms. The number of anilines is 2. The van der Waals surface area contributed by atoms with Crippen LogP contribution in [0, 0.1) is 0 Å². The predicted molar refractivity (Wildman–Crippen MR) is 96.3 cm³/mol. The molecule has 0 saturated carbocycles. The molecule has 0 radical (unpaired) electrons. The topological polar surface area (TPSA) is 51.2 Å². The fourth-order valence-electron chi connectivity index (χ4n) is 2.07. The summed E-state index contributed by atoms with van der Waals surface area (Å²) in [6, 6.07) is 15.2. The summed E-state index contributed by atoms with van der Waals surface area (Å²) >= 11 is 4.94. The molecule has 0 amide bonds. The summed E-state index contributed by atoms with van der Waals surface area (Å²) in [6.45, 7) is 1.39. The molecule has 0 unspecified atom stereocenters. The highest BCUT2D eigenvalue weighted by molar-refractivity contribution is 9.10. The fraction of sp³-hybridized carbons (Fsp3) is 0.0588. The lowest BCUT2D eigenvalue weighted by Crippen LogP contribution is -2.02. The maximum Gasteiger partial charge on any atom is 0.308 e.